The molecule has 3 aromatic heterocycles. The van der Waals surface area contributed by atoms with E-state index in [0.717, 1.165) is 18.4 Å². The third-order valence-electron chi connectivity index (χ3n) is 5.01. The first kappa shape index (κ1) is 18.9. The smallest absolute Gasteiger partial charge is 0.280 e. The Labute approximate surface area is 158 Å². The summed E-state index contributed by atoms with van der Waals surface area (Å²) in [5.74, 6) is 1.24. The summed E-state index contributed by atoms with van der Waals surface area (Å²) >= 11 is 0. The van der Waals surface area contributed by atoms with E-state index in [1.807, 2.05) is 35.7 Å². The number of allylic oxidation sites excluding steroid dienone is 1. The van der Waals surface area contributed by atoms with Crippen molar-refractivity contribution in [3.05, 3.63) is 34.8 Å². The molecule has 0 bridgehead atoms. The molecule has 0 aromatic carbocycles. The Kier molecular flexibility index (Phi) is 4.91. The van der Waals surface area contributed by atoms with E-state index in [2.05, 4.69) is 47.5 Å². The molecule has 27 heavy (non-hydrogen) atoms. The Balaban J connectivity index is 2.17. The van der Waals surface area contributed by atoms with Crippen LogP contribution in [0.1, 0.15) is 53.3 Å². The maximum Gasteiger partial charge on any atom is 0.280 e. The lowest BCUT2D eigenvalue weighted by Gasteiger charge is -2.32. The Bertz CT molecular complexity index is 1070. The summed E-state index contributed by atoms with van der Waals surface area (Å²) in [6.07, 6.45) is 7.17. The van der Waals surface area contributed by atoms with Crippen LogP contribution in [0.2, 0.25) is 0 Å². The van der Waals surface area contributed by atoms with Crippen molar-refractivity contribution in [1.29, 1.82) is 0 Å². The molecule has 3 rings (SSSR count). The first-order valence-electron chi connectivity index (χ1n) is 9.24. The molecule has 3 aromatic rings. The standard InChI is InChI=1S/C19H27N7O/c1-7-10-25-17(27)14-16(24-11-9-21-18(24)25)23-15(22-14)13(3)12-26(20-6)19(4,5)8-2/h9,11-12H,6-8,10H2,1-5H3,(H,22,23)/b13-12+. The van der Waals surface area contributed by atoms with Crippen LogP contribution in [0.5, 0.6) is 0 Å². The Hall–Kier alpha value is -2.90. The number of aryl methyl sites for hydroxylation is 1. The molecule has 0 radical (unpaired) electrons. The van der Waals surface area contributed by atoms with Gasteiger partial charge in [0.05, 0.1) is 5.54 Å². The van der Waals surface area contributed by atoms with E-state index in [4.69, 9.17) is 0 Å². The summed E-state index contributed by atoms with van der Waals surface area (Å²) in [6, 6.07) is 0. The molecule has 8 heteroatoms. The van der Waals surface area contributed by atoms with Gasteiger partial charge in [0, 0.05) is 37.4 Å². The van der Waals surface area contributed by atoms with Crippen molar-refractivity contribution >= 4 is 29.2 Å². The van der Waals surface area contributed by atoms with Gasteiger partial charge in [0.25, 0.3) is 5.56 Å². The largest absolute Gasteiger partial charge is 0.332 e. The van der Waals surface area contributed by atoms with E-state index >= 15 is 0 Å². The maximum absolute atomic E-state index is 12.9. The fourth-order valence-corrected chi connectivity index (χ4v) is 3.00. The summed E-state index contributed by atoms with van der Waals surface area (Å²) < 4.78 is 3.53. The van der Waals surface area contributed by atoms with Gasteiger partial charge in [0.2, 0.25) is 5.78 Å². The molecule has 3 heterocycles. The van der Waals surface area contributed by atoms with Crippen molar-refractivity contribution in [2.45, 2.75) is 59.5 Å². The highest BCUT2D eigenvalue weighted by molar-refractivity contribution is 5.76. The normalized spacial score (nSPS) is 12.9. The molecule has 0 atom stereocenters. The summed E-state index contributed by atoms with van der Waals surface area (Å²) in [7, 11) is 0. The second-order valence-electron chi connectivity index (χ2n) is 7.30. The molecule has 0 aliphatic carbocycles. The molecule has 8 nitrogen and oxygen atoms in total. The number of fused-ring (bicyclic) bond motifs is 3. The van der Waals surface area contributed by atoms with Crippen molar-refractivity contribution in [3.63, 3.8) is 0 Å². The minimum atomic E-state index is -0.166. The van der Waals surface area contributed by atoms with Crippen LogP contribution in [0.3, 0.4) is 0 Å². The second-order valence-corrected chi connectivity index (χ2v) is 7.30. The number of hydrazone groups is 1. The average molecular weight is 369 g/mol. The van der Waals surface area contributed by atoms with Crippen molar-refractivity contribution in [1.82, 2.24) is 28.9 Å². The lowest BCUT2D eigenvalue weighted by molar-refractivity contribution is 0.188. The number of nitrogens with one attached hydrogen (secondary N) is 1. The fourth-order valence-electron chi connectivity index (χ4n) is 3.00. The Morgan fingerprint density at radius 3 is 2.81 bits per heavy atom. The van der Waals surface area contributed by atoms with Gasteiger partial charge in [-0.05, 0) is 33.6 Å². The maximum atomic E-state index is 12.9. The molecule has 0 saturated heterocycles. The number of nitrogens with zero attached hydrogens (tertiary/aromatic N) is 6. The number of hydrogen-bond acceptors (Lipinski definition) is 5. The third-order valence-corrected chi connectivity index (χ3v) is 5.01. The zero-order valence-electron chi connectivity index (χ0n) is 16.7. The summed E-state index contributed by atoms with van der Waals surface area (Å²) in [6.45, 7) is 14.6. The molecule has 1 N–H and O–H groups in total. The molecule has 0 spiro atoms. The monoisotopic (exact) mass is 369 g/mol. The SMILES string of the molecule is C=NN(/C=C(\C)c1nc2c([nH]1)c(=O)n(CCC)c1nccn21)C(C)(C)CC. The molecule has 0 amide bonds. The van der Waals surface area contributed by atoms with Gasteiger partial charge in [-0.1, -0.05) is 13.8 Å². The van der Waals surface area contributed by atoms with E-state index in [0.29, 0.717) is 29.3 Å². The summed E-state index contributed by atoms with van der Waals surface area (Å²) in [4.78, 5) is 25.1. The van der Waals surface area contributed by atoms with Crippen LogP contribution in [-0.4, -0.2) is 41.2 Å². The van der Waals surface area contributed by atoms with Gasteiger partial charge in [-0.15, -0.1) is 0 Å². The number of imidazole rings is 2. The Morgan fingerprint density at radius 1 is 1.44 bits per heavy atom. The molecule has 0 aliphatic rings. The van der Waals surface area contributed by atoms with Gasteiger partial charge in [0.1, 0.15) is 5.82 Å². The topological polar surface area (TPSA) is 83.6 Å². The van der Waals surface area contributed by atoms with Crippen LogP contribution in [0.25, 0.3) is 22.5 Å². The van der Waals surface area contributed by atoms with Gasteiger partial charge < -0.3 is 4.98 Å². The van der Waals surface area contributed by atoms with Gasteiger partial charge in [-0.25, -0.2) is 9.97 Å². The summed E-state index contributed by atoms with van der Waals surface area (Å²) in [5, 5.41) is 5.96. The van der Waals surface area contributed by atoms with E-state index in [1.54, 1.807) is 10.8 Å². The van der Waals surface area contributed by atoms with Crippen LogP contribution in [-0.2, 0) is 6.54 Å². The van der Waals surface area contributed by atoms with Crippen LogP contribution >= 0.6 is 0 Å². The lowest BCUT2D eigenvalue weighted by atomic mass is 10.0. The molecule has 0 fully saturated rings. The zero-order chi connectivity index (χ0) is 19.8. The van der Waals surface area contributed by atoms with Crippen molar-refractivity contribution < 1.29 is 0 Å². The first-order valence-corrected chi connectivity index (χ1v) is 9.24. The first-order chi connectivity index (χ1) is 12.8. The predicted molar refractivity (Wildman–Crippen MR) is 109 cm³/mol. The number of aromatic nitrogens is 5. The van der Waals surface area contributed by atoms with Crippen LogP contribution in [0.15, 0.2) is 28.5 Å². The van der Waals surface area contributed by atoms with Crippen LogP contribution < -0.4 is 5.56 Å². The molecule has 0 unspecified atom stereocenters. The lowest BCUT2D eigenvalue weighted by Crippen LogP contribution is -2.35. The van der Waals surface area contributed by atoms with E-state index in [-0.39, 0.29) is 11.1 Å². The van der Waals surface area contributed by atoms with Crippen molar-refractivity contribution in [3.8, 4) is 0 Å². The molecule has 144 valence electrons. The number of rotatable bonds is 7. The van der Waals surface area contributed by atoms with Gasteiger partial charge in [-0.2, -0.15) is 5.10 Å². The number of H-pyrrole nitrogens is 1. The Morgan fingerprint density at radius 2 is 2.19 bits per heavy atom. The second kappa shape index (κ2) is 7.02. The third kappa shape index (κ3) is 3.15. The van der Waals surface area contributed by atoms with Gasteiger partial charge in [-0.3, -0.25) is 18.8 Å². The fraction of sp³-hybridized carbons (Fsp3) is 0.474. The molecule has 0 saturated carbocycles. The molecular weight excluding hydrogens is 342 g/mol. The average Bonchev–Trinajstić information content (AvgIpc) is 3.29. The summed E-state index contributed by atoms with van der Waals surface area (Å²) in [5.41, 5.74) is 1.65. The minimum absolute atomic E-state index is 0.107. The van der Waals surface area contributed by atoms with Crippen LogP contribution in [0, 0.1) is 0 Å². The van der Waals surface area contributed by atoms with Gasteiger partial charge >= 0.3 is 0 Å². The molecule has 0 aliphatic heterocycles. The van der Waals surface area contributed by atoms with Crippen molar-refractivity contribution in [2.24, 2.45) is 5.10 Å². The highest BCUT2D eigenvalue weighted by Crippen LogP contribution is 2.23. The van der Waals surface area contributed by atoms with Crippen LogP contribution in [0.4, 0.5) is 0 Å². The van der Waals surface area contributed by atoms with E-state index in [1.165, 1.54) is 0 Å². The highest BCUT2D eigenvalue weighted by atomic mass is 16.1. The van der Waals surface area contributed by atoms with E-state index in [9.17, 15) is 4.79 Å². The highest BCUT2D eigenvalue weighted by Gasteiger charge is 2.22. The number of hydrogen-bond donors (Lipinski definition) is 1. The van der Waals surface area contributed by atoms with E-state index < -0.39 is 0 Å². The quantitative estimate of drug-likeness (QED) is 0.512. The number of aromatic amines is 1. The minimum Gasteiger partial charge on any atom is -0.332 e. The predicted octanol–water partition coefficient (Wildman–Crippen LogP) is 3.25. The zero-order valence-corrected chi connectivity index (χ0v) is 16.7. The molecular formula is C19H27N7O. The van der Waals surface area contributed by atoms with Crippen molar-refractivity contribution in [2.75, 3.05) is 0 Å². The van der Waals surface area contributed by atoms with Gasteiger partial charge in [0.15, 0.2) is 11.2 Å².